The van der Waals surface area contributed by atoms with Crippen LogP contribution in [0.2, 0.25) is 0 Å². The zero-order chi connectivity index (χ0) is 19.4. The van der Waals surface area contributed by atoms with Crippen LogP contribution in [0.1, 0.15) is 63.5 Å². The molecule has 0 aromatic carbocycles. The number of amides is 2. The van der Waals surface area contributed by atoms with Gasteiger partial charge in [0, 0.05) is 18.7 Å². The van der Waals surface area contributed by atoms with Crippen molar-refractivity contribution in [1.82, 2.24) is 4.90 Å². The molecule has 1 aliphatic heterocycles. The number of rotatable bonds is 7. The average molecular weight is 359 g/mol. The molecule has 0 bridgehead atoms. The smallest absolute Gasteiger partial charge is 0.261 e. The Morgan fingerprint density at radius 3 is 2.15 bits per heavy atom. The van der Waals surface area contributed by atoms with Crippen LogP contribution in [0.3, 0.4) is 0 Å². The number of carbonyl (C=O) groups excluding carboxylic acids is 2. The van der Waals surface area contributed by atoms with Gasteiger partial charge in [-0.2, -0.15) is 0 Å². The second-order valence-corrected chi connectivity index (χ2v) is 7.10. The molecule has 0 saturated carbocycles. The third-order valence-corrected chi connectivity index (χ3v) is 4.78. The minimum Gasteiger partial charge on any atom is -0.466 e. The van der Waals surface area contributed by atoms with E-state index < -0.39 is 0 Å². The number of aliphatic hydroxyl groups excluding tert-OH is 1. The molecule has 0 atom stereocenters. The van der Waals surface area contributed by atoms with Crippen molar-refractivity contribution in [2.45, 2.75) is 60.3 Å². The summed E-state index contributed by atoms with van der Waals surface area (Å²) >= 11 is 0. The average Bonchev–Trinajstić information content (AvgIpc) is 3.03. The largest absolute Gasteiger partial charge is 0.466 e. The predicted octanol–water partition coefficient (Wildman–Crippen LogP) is 3.93. The highest BCUT2D eigenvalue weighted by Crippen LogP contribution is 2.35. The Morgan fingerprint density at radius 2 is 1.62 bits per heavy atom. The van der Waals surface area contributed by atoms with E-state index in [1.54, 1.807) is 0 Å². The number of hydrogen-bond donors (Lipinski definition) is 1. The third kappa shape index (κ3) is 3.98. The summed E-state index contributed by atoms with van der Waals surface area (Å²) in [6.45, 7) is 9.95. The summed E-state index contributed by atoms with van der Waals surface area (Å²) in [5, 5.41) is 8.85. The molecule has 0 spiro atoms. The van der Waals surface area contributed by atoms with E-state index >= 15 is 0 Å². The van der Waals surface area contributed by atoms with Crippen molar-refractivity contribution >= 4 is 17.4 Å². The molecule has 1 aromatic heterocycles. The second-order valence-electron chi connectivity index (χ2n) is 7.10. The van der Waals surface area contributed by atoms with Gasteiger partial charge < -0.3 is 9.52 Å². The van der Waals surface area contributed by atoms with Crippen LogP contribution in [0, 0.1) is 13.8 Å². The summed E-state index contributed by atoms with van der Waals surface area (Å²) in [5.74, 6) is 1.12. The highest BCUT2D eigenvalue weighted by molar-refractivity contribution is 6.27. The first-order valence-corrected chi connectivity index (χ1v) is 9.22. The SMILES string of the molecule is CC(C)=C1C(=O)N(CCCCCCO)C(=O)/C1=C(\C)c1cc(C)oc1C. The molecule has 2 rings (SSSR count). The van der Waals surface area contributed by atoms with E-state index in [2.05, 4.69) is 0 Å². The Balaban J connectivity index is 2.35. The van der Waals surface area contributed by atoms with Gasteiger partial charge in [-0.25, -0.2) is 0 Å². The minimum atomic E-state index is -0.218. The molecule has 1 fully saturated rings. The van der Waals surface area contributed by atoms with Gasteiger partial charge in [0.25, 0.3) is 11.8 Å². The maximum absolute atomic E-state index is 13.0. The van der Waals surface area contributed by atoms with E-state index in [0.717, 1.165) is 53.9 Å². The zero-order valence-corrected chi connectivity index (χ0v) is 16.4. The van der Waals surface area contributed by atoms with Gasteiger partial charge in [0.15, 0.2) is 0 Å². The summed E-state index contributed by atoms with van der Waals surface area (Å²) in [5.41, 5.74) is 3.52. The lowest BCUT2D eigenvalue weighted by atomic mass is 9.95. The lowest BCUT2D eigenvalue weighted by Gasteiger charge is -2.13. The number of aliphatic hydroxyl groups is 1. The monoisotopic (exact) mass is 359 g/mol. The molecule has 1 aromatic rings. The number of imide groups is 1. The Kier molecular flexibility index (Phi) is 6.59. The van der Waals surface area contributed by atoms with Crippen molar-refractivity contribution in [2.75, 3.05) is 13.2 Å². The number of carbonyl (C=O) groups is 2. The van der Waals surface area contributed by atoms with Crippen molar-refractivity contribution < 1.29 is 19.1 Å². The van der Waals surface area contributed by atoms with Gasteiger partial charge in [0.2, 0.25) is 0 Å². The van der Waals surface area contributed by atoms with E-state index in [4.69, 9.17) is 9.52 Å². The molecule has 1 aliphatic rings. The fourth-order valence-electron chi connectivity index (χ4n) is 3.46. The van der Waals surface area contributed by atoms with E-state index in [0.29, 0.717) is 17.7 Å². The standard InChI is InChI=1S/C21H29NO4/c1-13(2)18-19(15(4)17-12-14(3)26-16(17)5)21(25)22(20(18)24)10-8-6-7-9-11-23/h12,23H,6-11H2,1-5H3/b19-15+. The topological polar surface area (TPSA) is 70.8 Å². The Labute approximate surface area is 155 Å². The summed E-state index contributed by atoms with van der Waals surface area (Å²) in [6, 6.07) is 1.91. The molecule has 1 saturated heterocycles. The number of unbranched alkanes of at least 4 members (excludes halogenated alkanes) is 3. The van der Waals surface area contributed by atoms with Gasteiger partial charge in [-0.15, -0.1) is 0 Å². The minimum absolute atomic E-state index is 0.180. The number of allylic oxidation sites excluding steroid dienone is 2. The number of hydrogen-bond acceptors (Lipinski definition) is 4. The van der Waals surface area contributed by atoms with E-state index in [-0.39, 0.29) is 18.4 Å². The van der Waals surface area contributed by atoms with Gasteiger partial charge in [0.05, 0.1) is 11.1 Å². The van der Waals surface area contributed by atoms with Crippen LogP contribution in [0.5, 0.6) is 0 Å². The number of aryl methyl sites for hydroxylation is 2. The van der Waals surface area contributed by atoms with E-state index in [1.807, 2.05) is 40.7 Å². The number of nitrogens with zero attached hydrogens (tertiary/aromatic N) is 1. The molecule has 0 aliphatic carbocycles. The summed E-state index contributed by atoms with van der Waals surface area (Å²) in [7, 11) is 0. The van der Waals surface area contributed by atoms with Crippen molar-refractivity contribution in [1.29, 1.82) is 0 Å². The molecule has 26 heavy (non-hydrogen) atoms. The Hall–Kier alpha value is -2.14. The van der Waals surface area contributed by atoms with Crippen molar-refractivity contribution in [3.63, 3.8) is 0 Å². The van der Waals surface area contributed by atoms with Crippen LogP contribution in [-0.2, 0) is 9.59 Å². The number of likely N-dealkylation sites (tertiary alicyclic amines) is 1. The van der Waals surface area contributed by atoms with E-state index in [1.165, 1.54) is 4.90 Å². The predicted molar refractivity (Wildman–Crippen MR) is 101 cm³/mol. The summed E-state index contributed by atoms with van der Waals surface area (Å²) in [6.07, 6.45) is 3.30. The van der Waals surface area contributed by atoms with E-state index in [9.17, 15) is 9.59 Å². The van der Waals surface area contributed by atoms with Crippen molar-refractivity contribution in [2.24, 2.45) is 0 Å². The third-order valence-electron chi connectivity index (χ3n) is 4.78. The van der Waals surface area contributed by atoms with Crippen LogP contribution in [-0.4, -0.2) is 35.0 Å². The molecule has 1 N–H and O–H groups in total. The van der Waals surface area contributed by atoms with Gasteiger partial charge in [-0.05, 0) is 59.1 Å². The Morgan fingerprint density at radius 1 is 1.00 bits per heavy atom. The maximum atomic E-state index is 13.0. The Bertz CT molecular complexity index is 763. The molecule has 0 unspecified atom stereocenters. The molecular weight excluding hydrogens is 330 g/mol. The molecule has 5 heteroatoms. The first-order valence-electron chi connectivity index (χ1n) is 9.22. The highest BCUT2D eigenvalue weighted by atomic mass is 16.3. The molecule has 0 radical (unpaired) electrons. The van der Waals surface area contributed by atoms with Crippen LogP contribution < -0.4 is 0 Å². The fourth-order valence-corrected chi connectivity index (χ4v) is 3.46. The molecule has 2 amide bonds. The van der Waals surface area contributed by atoms with Crippen LogP contribution in [0.4, 0.5) is 0 Å². The van der Waals surface area contributed by atoms with Crippen LogP contribution in [0.15, 0.2) is 27.2 Å². The first-order chi connectivity index (χ1) is 12.3. The van der Waals surface area contributed by atoms with Crippen LogP contribution >= 0.6 is 0 Å². The highest BCUT2D eigenvalue weighted by Gasteiger charge is 2.40. The quantitative estimate of drug-likeness (QED) is 0.455. The molecule has 142 valence electrons. The van der Waals surface area contributed by atoms with Crippen molar-refractivity contribution in [3.8, 4) is 0 Å². The van der Waals surface area contributed by atoms with Crippen LogP contribution in [0.25, 0.3) is 5.57 Å². The summed E-state index contributed by atoms with van der Waals surface area (Å²) < 4.78 is 5.60. The fraction of sp³-hybridized carbons (Fsp3) is 0.524. The molecule has 5 nitrogen and oxygen atoms in total. The van der Waals surface area contributed by atoms with Gasteiger partial charge in [0.1, 0.15) is 11.5 Å². The summed E-state index contributed by atoms with van der Waals surface area (Å²) in [4.78, 5) is 27.3. The normalized spacial score (nSPS) is 16.7. The maximum Gasteiger partial charge on any atom is 0.261 e. The molecular formula is C21H29NO4. The lowest BCUT2D eigenvalue weighted by molar-refractivity contribution is -0.136. The lowest BCUT2D eigenvalue weighted by Crippen LogP contribution is -2.30. The second kappa shape index (κ2) is 8.49. The van der Waals surface area contributed by atoms with Crippen molar-refractivity contribution in [3.05, 3.63) is 39.9 Å². The van der Waals surface area contributed by atoms with Gasteiger partial charge in [-0.3, -0.25) is 14.5 Å². The number of furan rings is 1. The van der Waals surface area contributed by atoms with Gasteiger partial charge in [-0.1, -0.05) is 18.4 Å². The molecule has 2 heterocycles. The first kappa shape index (κ1) is 20.2. The van der Waals surface area contributed by atoms with Gasteiger partial charge >= 0.3 is 0 Å². The zero-order valence-electron chi connectivity index (χ0n) is 16.4.